The van der Waals surface area contributed by atoms with E-state index >= 15 is 0 Å². The Hall–Kier alpha value is -3.17. The summed E-state index contributed by atoms with van der Waals surface area (Å²) in [6.07, 6.45) is 3.81. The molecular weight excluding hydrogens is 427 g/mol. The predicted octanol–water partition coefficient (Wildman–Crippen LogP) is 4.02. The van der Waals surface area contributed by atoms with Crippen LogP contribution in [0.3, 0.4) is 0 Å². The first-order valence-electron chi connectivity index (χ1n) is 11.0. The molecule has 1 saturated heterocycles. The van der Waals surface area contributed by atoms with Crippen LogP contribution in [0.25, 0.3) is 10.9 Å². The number of rotatable bonds is 8. The molecule has 0 aliphatic carbocycles. The molecule has 8 nitrogen and oxygen atoms in total. The van der Waals surface area contributed by atoms with E-state index in [4.69, 9.17) is 14.2 Å². The summed E-state index contributed by atoms with van der Waals surface area (Å²) in [5.74, 6) is 1.03. The zero-order valence-electron chi connectivity index (χ0n) is 19.1. The van der Waals surface area contributed by atoms with Gasteiger partial charge in [-0.05, 0) is 38.0 Å². The number of methoxy groups -OCH3 is 2. The highest BCUT2D eigenvalue weighted by Crippen LogP contribution is 2.36. The smallest absolute Gasteiger partial charge is 0.163 e. The van der Waals surface area contributed by atoms with Gasteiger partial charge >= 0.3 is 0 Å². The monoisotopic (exact) mass is 456 g/mol. The number of anilines is 2. The Labute approximate surface area is 192 Å². The number of ether oxygens (including phenoxy) is 3. The van der Waals surface area contributed by atoms with E-state index in [1.54, 1.807) is 33.3 Å². The fourth-order valence-corrected chi connectivity index (χ4v) is 4.03. The van der Waals surface area contributed by atoms with Gasteiger partial charge in [0.2, 0.25) is 0 Å². The SMILES string of the molecule is COc1cc2c(Nc3c(F)ccc(O)c3C)ncnc2cc1OCCN1CCC(OC)CC1. The Morgan fingerprint density at radius 2 is 1.94 bits per heavy atom. The molecule has 1 aliphatic rings. The van der Waals surface area contributed by atoms with Crippen molar-refractivity contribution in [3.63, 3.8) is 0 Å². The predicted molar refractivity (Wildman–Crippen MR) is 124 cm³/mol. The summed E-state index contributed by atoms with van der Waals surface area (Å²) in [5.41, 5.74) is 1.18. The van der Waals surface area contributed by atoms with E-state index in [1.807, 2.05) is 0 Å². The summed E-state index contributed by atoms with van der Waals surface area (Å²) in [6, 6.07) is 6.09. The Bertz CT molecular complexity index is 1120. The molecule has 0 spiro atoms. The number of phenols is 1. The molecule has 1 fully saturated rings. The topological polar surface area (TPSA) is 89.0 Å². The summed E-state index contributed by atoms with van der Waals surface area (Å²) < 4.78 is 31.4. The lowest BCUT2D eigenvalue weighted by molar-refractivity contribution is 0.0374. The number of hydrogen-bond donors (Lipinski definition) is 2. The number of likely N-dealkylation sites (tertiary alicyclic amines) is 1. The lowest BCUT2D eigenvalue weighted by Crippen LogP contribution is -2.38. The van der Waals surface area contributed by atoms with Gasteiger partial charge in [-0.3, -0.25) is 4.90 Å². The van der Waals surface area contributed by atoms with E-state index in [9.17, 15) is 9.50 Å². The van der Waals surface area contributed by atoms with E-state index in [0.29, 0.717) is 46.5 Å². The van der Waals surface area contributed by atoms with E-state index in [1.165, 1.54) is 18.5 Å². The van der Waals surface area contributed by atoms with Crippen molar-refractivity contribution in [3.8, 4) is 17.2 Å². The molecule has 0 radical (unpaired) electrons. The highest BCUT2D eigenvalue weighted by molar-refractivity contribution is 5.93. The number of aromatic hydroxyl groups is 1. The molecule has 4 rings (SSSR count). The van der Waals surface area contributed by atoms with Crippen LogP contribution >= 0.6 is 0 Å². The number of aromatic nitrogens is 2. The fourth-order valence-electron chi connectivity index (χ4n) is 4.03. The van der Waals surface area contributed by atoms with Gasteiger partial charge in [0.15, 0.2) is 11.5 Å². The summed E-state index contributed by atoms with van der Waals surface area (Å²) >= 11 is 0. The highest BCUT2D eigenvalue weighted by atomic mass is 19.1. The van der Waals surface area contributed by atoms with E-state index in [0.717, 1.165) is 32.5 Å². The number of fused-ring (bicyclic) bond motifs is 1. The van der Waals surface area contributed by atoms with E-state index < -0.39 is 5.82 Å². The molecule has 0 atom stereocenters. The third-order valence-electron chi connectivity index (χ3n) is 6.08. The second-order valence-electron chi connectivity index (χ2n) is 8.06. The third kappa shape index (κ3) is 5.09. The first-order valence-corrected chi connectivity index (χ1v) is 11.0. The minimum atomic E-state index is -0.487. The van der Waals surface area contributed by atoms with Crippen molar-refractivity contribution in [1.29, 1.82) is 0 Å². The summed E-state index contributed by atoms with van der Waals surface area (Å²) in [7, 11) is 3.33. The van der Waals surface area contributed by atoms with Crippen molar-refractivity contribution in [3.05, 3.63) is 42.0 Å². The van der Waals surface area contributed by atoms with Crippen molar-refractivity contribution < 1.29 is 23.7 Å². The fraction of sp³-hybridized carbons (Fsp3) is 0.417. The average molecular weight is 457 g/mol. The maximum atomic E-state index is 14.4. The van der Waals surface area contributed by atoms with Gasteiger partial charge in [-0.15, -0.1) is 0 Å². The highest BCUT2D eigenvalue weighted by Gasteiger charge is 2.19. The summed E-state index contributed by atoms with van der Waals surface area (Å²) in [4.78, 5) is 11.0. The number of benzene rings is 2. The van der Waals surface area contributed by atoms with Crippen molar-refractivity contribution >= 4 is 22.4 Å². The van der Waals surface area contributed by atoms with E-state index in [-0.39, 0.29) is 11.4 Å². The van der Waals surface area contributed by atoms with Gasteiger partial charge in [0, 0.05) is 43.8 Å². The van der Waals surface area contributed by atoms with Crippen molar-refractivity contribution in [2.75, 3.05) is 45.8 Å². The molecule has 33 heavy (non-hydrogen) atoms. The second-order valence-corrected chi connectivity index (χ2v) is 8.06. The van der Waals surface area contributed by atoms with Crippen LogP contribution in [-0.4, -0.2) is 66.5 Å². The van der Waals surface area contributed by atoms with Crippen molar-refractivity contribution in [1.82, 2.24) is 14.9 Å². The largest absolute Gasteiger partial charge is 0.508 e. The molecule has 2 N–H and O–H groups in total. The van der Waals surface area contributed by atoms with Crippen LogP contribution in [0, 0.1) is 12.7 Å². The number of piperidine rings is 1. The number of nitrogens with one attached hydrogen (secondary N) is 1. The summed E-state index contributed by atoms with van der Waals surface area (Å²) in [6.45, 7) is 4.94. The number of phenolic OH excluding ortho intramolecular Hbond substituents is 1. The summed E-state index contributed by atoms with van der Waals surface area (Å²) in [5, 5.41) is 13.6. The normalized spacial score (nSPS) is 15.0. The van der Waals surface area contributed by atoms with Gasteiger partial charge in [-0.25, -0.2) is 14.4 Å². The van der Waals surface area contributed by atoms with Gasteiger partial charge in [-0.2, -0.15) is 0 Å². The van der Waals surface area contributed by atoms with E-state index in [2.05, 4.69) is 20.2 Å². The molecule has 1 aromatic heterocycles. The Morgan fingerprint density at radius 3 is 2.67 bits per heavy atom. The number of nitrogens with zero attached hydrogens (tertiary/aromatic N) is 3. The van der Waals surface area contributed by atoms with Crippen molar-refractivity contribution in [2.24, 2.45) is 0 Å². The Kier molecular flexibility index (Phi) is 7.10. The quantitative estimate of drug-likeness (QED) is 0.525. The Balaban J connectivity index is 1.52. The maximum absolute atomic E-state index is 14.4. The minimum Gasteiger partial charge on any atom is -0.508 e. The molecule has 1 aliphatic heterocycles. The number of hydrogen-bond acceptors (Lipinski definition) is 8. The molecule has 176 valence electrons. The first kappa shape index (κ1) is 23.0. The zero-order valence-corrected chi connectivity index (χ0v) is 19.1. The average Bonchev–Trinajstić information content (AvgIpc) is 2.84. The standard InChI is InChI=1S/C24H29FN4O4/c1-15-20(30)5-4-18(25)23(15)28-24-17-12-21(32-3)22(13-19(17)26-14-27-24)33-11-10-29-8-6-16(31-2)7-9-29/h4-5,12-14,16,30H,6-11H2,1-3H3,(H,26,27,28). The Morgan fingerprint density at radius 1 is 1.15 bits per heavy atom. The van der Waals surface area contributed by atoms with Gasteiger partial charge < -0.3 is 24.6 Å². The van der Waals surface area contributed by atoms with Gasteiger partial charge in [0.05, 0.1) is 24.4 Å². The third-order valence-corrected chi connectivity index (χ3v) is 6.08. The maximum Gasteiger partial charge on any atom is 0.163 e. The van der Waals surface area contributed by atoms with Gasteiger partial charge in [0.1, 0.15) is 30.3 Å². The van der Waals surface area contributed by atoms with Crippen LogP contribution in [0.15, 0.2) is 30.6 Å². The molecular formula is C24H29FN4O4. The number of halogens is 1. The van der Waals surface area contributed by atoms with Gasteiger partial charge in [0.25, 0.3) is 0 Å². The van der Waals surface area contributed by atoms with Crippen LogP contribution in [0.4, 0.5) is 15.9 Å². The zero-order chi connectivity index (χ0) is 23.4. The van der Waals surface area contributed by atoms with Crippen LogP contribution in [0.2, 0.25) is 0 Å². The molecule has 0 amide bonds. The molecule has 0 saturated carbocycles. The van der Waals surface area contributed by atoms with Crippen LogP contribution in [-0.2, 0) is 4.74 Å². The second kappa shape index (κ2) is 10.2. The van der Waals surface area contributed by atoms with Crippen molar-refractivity contribution in [2.45, 2.75) is 25.9 Å². The minimum absolute atomic E-state index is 0.00280. The first-order chi connectivity index (χ1) is 16.0. The van der Waals surface area contributed by atoms with Crippen LogP contribution in [0.1, 0.15) is 18.4 Å². The lowest BCUT2D eigenvalue weighted by atomic mass is 10.1. The molecule has 2 aromatic carbocycles. The van der Waals surface area contributed by atoms with Gasteiger partial charge in [-0.1, -0.05) is 0 Å². The molecule has 2 heterocycles. The molecule has 0 unspecified atom stereocenters. The lowest BCUT2D eigenvalue weighted by Gasteiger charge is -2.31. The van der Waals surface area contributed by atoms with Crippen LogP contribution < -0.4 is 14.8 Å². The van der Waals surface area contributed by atoms with Crippen LogP contribution in [0.5, 0.6) is 17.2 Å². The molecule has 3 aromatic rings. The molecule has 0 bridgehead atoms. The molecule has 9 heteroatoms.